The molecule has 0 saturated carbocycles. The second-order valence-corrected chi connectivity index (χ2v) is 27.9. The summed E-state index contributed by atoms with van der Waals surface area (Å²) in [6, 6.07) is 0. The Kier molecular flexibility index (Phi) is 11.4. The summed E-state index contributed by atoms with van der Waals surface area (Å²) in [4.78, 5) is 0. The fourth-order valence-electron chi connectivity index (χ4n) is 1.70. The first-order valence-electron chi connectivity index (χ1n) is 5.04. The van der Waals surface area contributed by atoms with Gasteiger partial charge in [0.15, 0.2) is 5.69 Å². The third-order valence-electron chi connectivity index (χ3n) is 2.66. The molecule has 0 saturated heterocycles. The molecule has 0 N–H and O–H groups in total. The zero-order valence-electron chi connectivity index (χ0n) is 10.2. The number of nitrogens with zero attached hydrogens (tertiary/aromatic N) is 1. The van der Waals surface area contributed by atoms with Gasteiger partial charge in [0, 0.05) is 148 Å². The minimum Gasteiger partial charge on any atom is -0.194 e. The molecule has 1 aromatic rings. The summed E-state index contributed by atoms with van der Waals surface area (Å²) < 4.78 is 1.54. The molecule has 15 heteroatoms. The molecule has 24 heavy (non-hydrogen) atoms. The van der Waals surface area contributed by atoms with Gasteiger partial charge in [-0.25, -0.2) is 0 Å². The van der Waals surface area contributed by atoms with Crippen LogP contribution in [-0.2, 0) is 0 Å². The highest BCUT2D eigenvalue weighted by molar-refractivity contribution is 9.42. The van der Waals surface area contributed by atoms with Crippen molar-refractivity contribution in [2.45, 2.75) is 6.80 Å². The highest BCUT2D eigenvalue weighted by Crippen LogP contribution is 2.70. The Bertz CT molecular complexity index is 585. The van der Waals surface area contributed by atoms with Gasteiger partial charge in [0.2, 0.25) is 0 Å². The van der Waals surface area contributed by atoms with Crippen molar-refractivity contribution in [1.29, 1.82) is 0 Å². The normalized spacial score (nSPS) is 14.2. The Morgan fingerprint density at radius 2 is 0.625 bits per heavy atom. The molecule has 0 aliphatic rings. The fraction of sp³-hybridized carbons (Fsp3) is 0.333. The fourth-order valence-corrected chi connectivity index (χ4v) is 18.1. The molecular formula is C9Br14N+. The van der Waals surface area contributed by atoms with E-state index in [0.29, 0.717) is 0 Å². The number of alkyl halides is 9. The van der Waals surface area contributed by atoms with Gasteiger partial charge in [-0.15, -0.1) is 0 Å². The largest absolute Gasteiger partial charge is 0.272 e. The van der Waals surface area contributed by atoms with Crippen LogP contribution in [0.2, 0.25) is 0 Å². The lowest BCUT2D eigenvalue weighted by molar-refractivity contribution is 0.347. The maximum atomic E-state index is 3.70. The molecule has 1 aromatic carbocycles. The number of halogens is 14. The van der Waals surface area contributed by atoms with Crippen molar-refractivity contribution >= 4 is 229 Å². The molecule has 0 heterocycles. The molecule has 0 spiro atoms. The highest BCUT2D eigenvalue weighted by Gasteiger charge is 2.70. The number of rotatable bonds is 1. The van der Waals surface area contributed by atoms with Crippen LogP contribution in [0, 0.1) is 0 Å². The predicted molar refractivity (Wildman–Crippen MR) is 155 cm³/mol. The highest BCUT2D eigenvalue weighted by atomic mass is 80.0. The van der Waals surface area contributed by atoms with E-state index in [1.807, 2.05) is 0 Å². The van der Waals surface area contributed by atoms with Crippen LogP contribution in [0.3, 0.4) is 0 Å². The van der Waals surface area contributed by atoms with Crippen LogP contribution in [-0.4, -0.2) is 6.80 Å². The standard InChI is InChI=1S/C9Br14N/c10-1-2(11)4(13)6(5(14)3(1)12)24(7(15,16)17,8(18,19)20)9(21,22)23/q+1. The molecule has 138 valence electrons. The summed E-state index contributed by atoms with van der Waals surface area (Å²) in [5.74, 6) is 0. The van der Waals surface area contributed by atoms with Crippen molar-refractivity contribution in [3.8, 4) is 0 Å². The van der Waals surface area contributed by atoms with E-state index >= 15 is 0 Å². The van der Waals surface area contributed by atoms with E-state index in [0.717, 1.165) is 28.1 Å². The Morgan fingerprint density at radius 3 is 0.833 bits per heavy atom. The van der Waals surface area contributed by atoms with Crippen LogP contribution in [0.5, 0.6) is 0 Å². The summed E-state index contributed by atoms with van der Waals surface area (Å²) in [6.07, 6.45) is 0. The van der Waals surface area contributed by atoms with E-state index < -0.39 is 6.80 Å². The molecule has 0 atom stereocenters. The van der Waals surface area contributed by atoms with Gasteiger partial charge < -0.3 is 0 Å². The zero-order chi connectivity index (χ0) is 19.5. The van der Waals surface area contributed by atoms with Crippen LogP contribution in [0.15, 0.2) is 22.4 Å². The molecule has 0 amide bonds. The first kappa shape index (κ1) is 27.9. The molecule has 0 unspecified atom stereocenters. The van der Waals surface area contributed by atoms with Gasteiger partial charge >= 0.3 is 0 Å². The topological polar surface area (TPSA) is 0 Å². The summed E-state index contributed by atoms with van der Waals surface area (Å²) in [7, 11) is 0. The zero-order valence-corrected chi connectivity index (χ0v) is 32.4. The van der Waals surface area contributed by atoms with Crippen molar-refractivity contribution in [2.24, 2.45) is 0 Å². The van der Waals surface area contributed by atoms with Crippen LogP contribution in [0.4, 0.5) is 5.69 Å². The van der Waals surface area contributed by atoms with Crippen LogP contribution >= 0.6 is 223 Å². The molecule has 0 bridgehead atoms. The van der Waals surface area contributed by atoms with Gasteiger partial charge in [0.25, 0.3) is 6.80 Å². The lowest BCUT2D eigenvalue weighted by atomic mass is 10.3. The van der Waals surface area contributed by atoms with Crippen molar-refractivity contribution in [3.05, 3.63) is 22.4 Å². The summed E-state index contributed by atoms with van der Waals surface area (Å²) in [6.45, 7) is 0. The minimum atomic E-state index is -0.877. The first-order valence-corrected chi connectivity index (χ1v) is 16.1. The minimum absolute atomic E-state index is 0.0403. The summed E-state index contributed by atoms with van der Waals surface area (Å²) in [5.41, 5.74) is 0.818. The van der Waals surface area contributed by atoms with Gasteiger partial charge in [0.1, 0.15) is 0 Å². The van der Waals surface area contributed by atoms with E-state index in [-0.39, 0.29) is 4.48 Å². The van der Waals surface area contributed by atoms with Crippen molar-refractivity contribution in [1.82, 2.24) is 4.48 Å². The van der Waals surface area contributed by atoms with Crippen LogP contribution in [0.25, 0.3) is 0 Å². The molecule has 0 aliphatic carbocycles. The van der Waals surface area contributed by atoms with Gasteiger partial charge in [0.05, 0.1) is 17.9 Å². The molecule has 1 rings (SSSR count). The van der Waals surface area contributed by atoms with Crippen LogP contribution < -0.4 is 4.48 Å². The maximum Gasteiger partial charge on any atom is 0.272 e. The summed E-state index contributed by atoms with van der Waals surface area (Å²) in [5, 5.41) is 0. The van der Waals surface area contributed by atoms with Crippen molar-refractivity contribution in [3.63, 3.8) is 0 Å². The Balaban J connectivity index is 4.27. The van der Waals surface area contributed by atoms with Crippen molar-refractivity contribution < 1.29 is 0 Å². The van der Waals surface area contributed by atoms with E-state index in [1.54, 1.807) is 0 Å². The SMILES string of the molecule is Brc1c(Br)c(Br)c([N+](C(Br)(Br)Br)(C(Br)(Br)Br)C(Br)(Br)Br)c(Br)c1Br. The van der Waals surface area contributed by atoms with E-state index in [2.05, 4.69) is 223 Å². The van der Waals surface area contributed by atoms with Gasteiger partial charge in [-0.3, -0.25) is 0 Å². The third-order valence-corrected chi connectivity index (χ3v) is 13.5. The molecule has 0 radical (unpaired) electrons. The van der Waals surface area contributed by atoms with E-state index in [1.165, 1.54) is 0 Å². The average molecular weight is 1240 g/mol. The number of hydrogen-bond acceptors (Lipinski definition) is 0. The quantitative estimate of drug-likeness (QED) is 0.0864. The van der Waals surface area contributed by atoms with Gasteiger partial charge in [-0.05, 0) is 79.6 Å². The lowest BCUT2D eigenvalue weighted by Gasteiger charge is -2.54. The number of benzene rings is 1. The summed E-state index contributed by atoms with van der Waals surface area (Å²) >= 11 is 51.4. The second kappa shape index (κ2) is 9.80. The molecule has 0 aliphatic heterocycles. The monoisotopic (exact) mass is 1230 g/mol. The molecule has 1 nitrogen and oxygen atoms in total. The van der Waals surface area contributed by atoms with Crippen LogP contribution in [0.1, 0.15) is 0 Å². The number of quaternary nitrogens is 1. The Labute approximate surface area is 257 Å². The molecule has 0 aromatic heterocycles. The van der Waals surface area contributed by atoms with Gasteiger partial charge in [-0.2, -0.15) is 4.48 Å². The first-order chi connectivity index (χ1) is 10.4. The third kappa shape index (κ3) is 5.10. The van der Waals surface area contributed by atoms with Gasteiger partial charge in [-0.1, -0.05) is 0 Å². The predicted octanol–water partition coefficient (Wildman–Crippen LogP) is 12.2. The maximum absolute atomic E-state index is 3.70. The number of hydrogen-bond donors (Lipinski definition) is 0. The lowest BCUT2D eigenvalue weighted by Crippen LogP contribution is -2.69. The Morgan fingerprint density at radius 1 is 0.417 bits per heavy atom. The second-order valence-electron chi connectivity index (χ2n) is 3.99. The molecular weight excluding hydrogens is 1240 g/mol. The smallest absolute Gasteiger partial charge is 0.194 e. The van der Waals surface area contributed by atoms with E-state index in [4.69, 9.17) is 0 Å². The van der Waals surface area contributed by atoms with Crippen molar-refractivity contribution in [2.75, 3.05) is 0 Å². The Hall–Kier alpha value is 5.90. The average Bonchev–Trinajstić information content (AvgIpc) is 2.34. The molecule has 0 fully saturated rings. The van der Waals surface area contributed by atoms with E-state index in [9.17, 15) is 0 Å².